The van der Waals surface area contributed by atoms with Crippen molar-refractivity contribution in [1.29, 1.82) is 0 Å². The standard InChI is InChI=1S/C54H50FN4O.Pt/c1-52(2,3)36-25-26-56-50(30-36)59-47-24-21-39(55)31-46(47)45-23-22-43(33-49(45)59)60-42-18-13-17-41(32-42)57-34-58(40-15-11-10-12-16-40)51-44(19-14-20-48(51)57)35-27-37(53(4,5)6)29-38(28-35)54(7,8)9;/h10-31,34H,1-9H3;/q-3;. The van der Waals surface area contributed by atoms with Crippen LogP contribution in [0.2, 0.25) is 0 Å². The van der Waals surface area contributed by atoms with Gasteiger partial charge in [-0.1, -0.05) is 116 Å². The normalized spacial score (nSPS) is 13.1. The van der Waals surface area contributed by atoms with E-state index in [4.69, 9.17) is 9.72 Å². The summed E-state index contributed by atoms with van der Waals surface area (Å²) in [4.78, 5) is 9.24. The van der Waals surface area contributed by atoms with Crippen LogP contribution in [0.5, 0.6) is 11.5 Å². The Kier molecular flexibility index (Phi) is 10.8. The molecule has 1 aliphatic heterocycles. The van der Waals surface area contributed by atoms with Crippen molar-refractivity contribution in [3.05, 3.63) is 175 Å². The predicted octanol–water partition coefficient (Wildman–Crippen LogP) is 14.7. The molecule has 0 amide bonds. The molecule has 0 spiro atoms. The second-order valence-corrected chi connectivity index (χ2v) is 18.9. The number of halogens is 1. The summed E-state index contributed by atoms with van der Waals surface area (Å²) in [6.45, 7) is 22.4. The third-order valence-corrected chi connectivity index (χ3v) is 11.4. The average Bonchev–Trinajstić information content (AvgIpc) is 3.76. The third kappa shape index (κ3) is 7.99. The van der Waals surface area contributed by atoms with Crippen LogP contribution in [0, 0.1) is 24.6 Å². The van der Waals surface area contributed by atoms with E-state index in [0.29, 0.717) is 11.5 Å². The molecule has 7 heteroatoms. The van der Waals surface area contributed by atoms with Crippen molar-refractivity contribution in [3.8, 4) is 28.4 Å². The van der Waals surface area contributed by atoms with Crippen LogP contribution in [0.15, 0.2) is 134 Å². The van der Waals surface area contributed by atoms with Crippen molar-refractivity contribution < 1.29 is 30.2 Å². The summed E-state index contributed by atoms with van der Waals surface area (Å²) in [6, 6.07) is 50.1. The summed E-state index contributed by atoms with van der Waals surface area (Å²) < 4.78 is 23.3. The fourth-order valence-corrected chi connectivity index (χ4v) is 8.03. The maximum Gasteiger partial charge on any atom is 0.135 e. The quantitative estimate of drug-likeness (QED) is 0.156. The number of rotatable bonds is 6. The Balaban J connectivity index is 0.00000514. The summed E-state index contributed by atoms with van der Waals surface area (Å²) >= 11 is 0. The number of nitrogens with zero attached hydrogens (tertiary/aromatic N) is 4. The van der Waals surface area contributed by atoms with Crippen LogP contribution in [0.1, 0.15) is 79.0 Å². The molecule has 0 saturated heterocycles. The fraction of sp³-hybridized carbons (Fsp3) is 0.222. The van der Waals surface area contributed by atoms with Gasteiger partial charge in [0.25, 0.3) is 0 Å². The molecule has 2 aromatic heterocycles. The van der Waals surface area contributed by atoms with Crippen molar-refractivity contribution in [3.63, 3.8) is 0 Å². The van der Waals surface area contributed by atoms with Gasteiger partial charge < -0.3 is 19.1 Å². The first-order valence-corrected chi connectivity index (χ1v) is 20.6. The minimum absolute atomic E-state index is 0. The maximum absolute atomic E-state index is 14.7. The van der Waals surface area contributed by atoms with Crippen molar-refractivity contribution in [2.75, 3.05) is 9.80 Å². The second-order valence-electron chi connectivity index (χ2n) is 18.9. The molecule has 0 bridgehead atoms. The molecule has 0 radical (unpaired) electrons. The van der Waals surface area contributed by atoms with Crippen LogP contribution >= 0.6 is 0 Å². The topological polar surface area (TPSA) is 33.5 Å². The summed E-state index contributed by atoms with van der Waals surface area (Å²) in [5, 5.41) is 1.65. The zero-order valence-corrected chi connectivity index (χ0v) is 38.4. The third-order valence-electron chi connectivity index (χ3n) is 11.4. The predicted molar refractivity (Wildman–Crippen MR) is 246 cm³/mol. The SMILES string of the molecule is CC(C)(C)c1cc(-c2cccc3c2N(c2ccccc2)[CH-]N3c2[c-]c(Oc3[c-]c4c(cc3)c3cc(F)ccc3n4-c3cc(C(C)(C)C)ccn3)ccc2)cc(C(C)(C)C)c1.[Pt]. The molecule has 0 unspecified atom stereocenters. The minimum Gasteiger partial charge on any atom is -0.509 e. The molecule has 9 rings (SSSR count). The minimum atomic E-state index is -0.295. The molecular weight excluding hydrogens is 935 g/mol. The summed E-state index contributed by atoms with van der Waals surface area (Å²) in [7, 11) is 0. The molecule has 61 heavy (non-hydrogen) atoms. The van der Waals surface area contributed by atoms with E-state index in [0.717, 1.165) is 61.5 Å². The molecule has 1 aliphatic rings. The Morgan fingerprint density at radius 3 is 2.00 bits per heavy atom. The van der Waals surface area contributed by atoms with Crippen molar-refractivity contribution in [2.24, 2.45) is 0 Å². The van der Waals surface area contributed by atoms with Gasteiger partial charge in [-0.05, 0) is 92.4 Å². The van der Waals surface area contributed by atoms with Gasteiger partial charge in [0, 0.05) is 66.9 Å². The molecule has 0 aliphatic carbocycles. The molecule has 3 heterocycles. The van der Waals surface area contributed by atoms with Gasteiger partial charge in [0.1, 0.15) is 11.6 Å². The molecule has 5 nitrogen and oxygen atoms in total. The van der Waals surface area contributed by atoms with Gasteiger partial charge in [-0.2, -0.15) is 12.1 Å². The van der Waals surface area contributed by atoms with Gasteiger partial charge in [-0.15, -0.1) is 48.1 Å². The first-order chi connectivity index (χ1) is 28.5. The Morgan fingerprint density at radius 2 is 1.30 bits per heavy atom. The van der Waals surface area contributed by atoms with Crippen LogP contribution in [0.4, 0.5) is 27.1 Å². The average molecular weight is 985 g/mol. The maximum atomic E-state index is 14.7. The van der Waals surface area contributed by atoms with Crippen molar-refractivity contribution >= 4 is 44.6 Å². The number of pyridine rings is 1. The van der Waals surface area contributed by atoms with E-state index in [2.05, 4.69) is 164 Å². The van der Waals surface area contributed by atoms with E-state index in [1.807, 2.05) is 47.2 Å². The number of aromatic nitrogens is 2. The van der Waals surface area contributed by atoms with Crippen LogP contribution in [-0.2, 0) is 37.3 Å². The summed E-state index contributed by atoms with van der Waals surface area (Å²) in [5.41, 5.74) is 11.6. The molecular formula is C54H50FN4OPt-3. The molecule has 0 atom stereocenters. The van der Waals surface area contributed by atoms with E-state index in [1.165, 1.54) is 22.8 Å². The summed E-state index contributed by atoms with van der Waals surface area (Å²) in [5.74, 6) is 1.50. The Morgan fingerprint density at radius 1 is 0.607 bits per heavy atom. The van der Waals surface area contributed by atoms with Gasteiger partial charge in [0.2, 0.25) is 0 Å². The van der Waals surface area contributed by atoms with Crippen molar-refractivity contribution in [2.45, 2.75) is 78.6 Å². The fourth-order valence-electron chi connectivity index (χ4n) is 8.03. The first kappa shape index (κ1) is 42.0. The van der Waals surface area contributed by atoms with Gasteiger partial charge in [0.05, 0.1) is 0 Å². The number of fused-ring (bicyclic) bond motifs is 4. The molecule has 8 aromatic rings. The van der Waals surface area contributed by atoms with Crippen molar-refractivity contribution in [1.82, 2.24) is 9.55 Å². The van der Waals surface area contributed by atoms with E-state index in [1.54, 1.807) is 12.1 Å². The smallest absolute Gasteiger partial charge is 0.135 e. The van der Waals surface area contributed by atoms with Gasteiger partial charge in [-0.25, -0.2) is 9.37 Å². The van der Waals surface area contributed by atoms with Gasteiger partial charge >= 0.3 is 0 Å². The van der Waals surface area contributed by atoms with E-state index in [-0.39, 0.29) is 43.1 Å². The van der Waals surface area contributed by atoms with Crippen LogP contribution in [0.3, 0.4) is 0 Å². The molecule has 0 fully saturated rings. The molecule has 312 valence electrons. The van der Waals surface area contributed by atoms with Gasteiger partial charge in [0.15, 0.2) is 0 Å². The monoisotopic (exact) mass is 984 g/mol. The Bertz CT molecular complexity index is 2880. The number of anilines is 4. The molecule has 0 saturated carbocycles. The zero-order chi connectivity index (χ0) is 42.1. The summed E-state index contributed by atoms with van der Waals surface area (Å²) in [6.07, 6.45) is 1.83. The number of hydrogen-bond donors (Lipinski definition) is 0. The molecule has 0 N–H and O–H groups in total. The first-order valence-electron chi connectivity index (χ1n) is 20.6. The van der Waals surface area contributed by atoms with E-state index >= 15 is 0 Å². The van der Waals surface area contributed by atoms with Crippen LogP contribution in [-0.4, -0.2) is 9.55 Å². The van der Waals surface area contributed by atoms with Gasteiger partial charge in [-0.3, -0.25) is 0 Å². The van der Waals surface area contributed by atoms with Crippen LogP contribution in [0.25, 0.3) is 38.8 Å². The Hall–Kier alpha value is -5.71. The zero-order valence-electron chi connectivity index (χ0n) is 36.2. The largest absolute Gasteiger partial charge is 0.509 e. The number of ether oxygens (including phenoxy) is 1. The van der Waals surface area contributed by atoms with Crippen LogP contribution < -0.4 is 14.5 Å². The second kappa shape index (κ2) is 15.6. The Labute approximate surface area is 374 Å². The number of para-hydroxylation sites is 2. The van der Waals surface area contributed by atoms with E-state index in [9.17, 15) is 4.39 Å². The number of benzene rings is 6. The molecule has 6 aromatic carbocycles. The van der Waals surface area contributed by atoms with E-state index < -0.39 is 0 Å². The number of hydrogen-bond acceptors (Lipinski definition) is 4.